The van der Waals surface area contributed by atoms with Crippen molar-refractivity contribution >= 4 is 22.4 Å². The van der Waals surface area contributed by atoms with Crippen molar-refractivity contribution in [2.45, 2.75) is 19.8 Å². The van der Waals surface area contributed by atoms with Crippen LogP contribution in [0.4, 0.5) is 5.13 Å². The molecular formula is C9H14N4OS. The summed E-state index contributed by atoms with van der Waals surface area (Å²) in [6.45, 7) is 3.71. The first kappa shape index (κ1) is 10.5. The molecule has 6 heteroatoms. The monoisotopic (exact) mass is 226 g/mol. The second kappa shape index (κ2) is 4.67. The zero-order chi connectivity index (χ0) is 10.7. The largest absolute Gasteiger partial charge is 0.316 e. The minimum atomic E-state index is 0.0544. The molecule has 1 saturated heterocycles. The molecule has 1 aliphatic heterocycles. The molecule has 1 atom stereocenters. The van der Waals surface area contributed by atoms with Gasteiger partial charge in [0.25, 0.3) is 0 Å². The lowest BCUT2D eigenvalue weighted by Gasteiger charge is -2.05. The number of aryl methyl sites for hydroxylation is 1. The first-order valence-electron chi connectivity index (χ1n) is 5.13. The van der Waals surface area contributed by atoms with E-state index in [-0.39, 0.29) is 11.8 Å². The summed E-state index contributed by atoms with van der Waals surface area (Å²) in [6, 6.07) is 0. The molecule has 0 aliphatic carbocycles. The average Bonchev–Trinajstić information content (AvgIpc) is 2.87. The molecule has 1 aromatic heterocycles. The number of rotatable bonds is 3. The molecule has 82 valence electrons. The van der Waals surface area contributed by atoms with Crippen LogP contribution in [0.3, 0.4) is 0 Å². The summed E-state index contributed by atoms with van der Waals surface area (Å²) in [6.07, 6.45) is 1.77. The van der Waals surface area contributed by atoms with Gasteiger partial charge in [-0.3, -0.25) is 4.79 Å². The van der Waals surface area contributed by atoms with Gasteiger partial charge >= 0.3 is 0 Å². The Balaban J connectivity index is 1.92. The standard InChI is InChI=1S/C9H14N4OS/c1-2-7-12-13-9(15-7)11-8(14)6-3-4-10-5-6/h6,10H,2-5H2,1H3,(H,11,13,14). The third-order valence-electron chi connectivity index (χ3n) is 2.43. The summed E-state index contributed by atoms with van der Waals surface area (Å²) in [5.41, 5.74) is 0. The number of anilines is 1. The maximum atomic E-state index is 11.7. The lowest BCUT2D eigenvalue weighted by molar-refractivity contribution is -0.119. The third-order valence-corrected chi connectivity index (χ3v) is 3.41. The minimum absolute atomic E-state index is 0.0544. The van der Waals surface area contributed by atoms with Gasteiger partial charge in [-0.05, 0) is 19.4 Å². The predicted octanol–water partition coefficient (Wildman–Crippen LogP) is 0.648. The van der Waals surface area contributed by atoms with Gasteiger partial charge in [-0.1, -0.05) is 18.3 Å². The fourth-order valence-corrected chi connectivity index (χ4v) is 2.22. The fourth-order valence-electron chi connectivity index (χ4n) is 1.53. The van der Waals surface area contributed by atoms with Gasteiger partial charge < -0.3 is 10.6 Å². The first-order chi connectivity index (χ1) is 7.29. The zero-order valence-electron chi connectivity index (χ0n) is 8.62. The molecule has 5 nitrogen and oxygen atoms in total. The zero-order valence-corrected chi connectivity index (χ0v) is 9.43. The van der Waals surface area contributed by atoms with Gasteiger partial charge in [0.2, 0.25) is 11.0 Å². The quantitative estimate of drug-likeness (QED) is 0.794. The Kier molecular flexibility index (Phi) is 3.27. The number of carbonyl (C=O) groups excluding carboxylic acids is 1. The Morgan fingerprint density at radius 2 is 2.53 bits per heavy atom. The van der Waals surface area contributed by atoms with E-state index in [4.69, 9.17) is 0 Å². The van der Waals surface area contributed by atoms with Crippen LogP contribution in [0.15, 0.2) is 0 Å². The van der Waals surface area contributed by atoms with Gasteiger partial charge in [0.1, 0.15) is 5.01 Å². The van der Waals surface area contributed by atoms with Crippen molar-refractivity contribution in [3.8, 4) is 0 Å². The lowest BCUT2D eigenvalue weighted by atomic mass is 10.1. The molecule has 1 unspecified atom stereocenters. The van der Waals surface area contributed by atoms with Crippen molar-refractivity contribution in [2.75, 3.05) is 18.4 Å². The molecule has 2 rings (SSSR count). The molecule has 2 N–H and O–H groups in total. The highest BCUT2D eigenvalue weighted by molar-refractivity contribution is 7.15. The van der Waals surface area contributed by atoms with Crippen LogP contribution in [0.25, 0.3) is 0 Å². The van der Waals surface area contributed by atoms with Crippen molar-refractivity contribution < 1.29 is 4.79 Å². The van der Waals surface area contributed by atoms with Gasteiger partial charge in [0.05, 0.1) is 5.92 Å². The number of carbonyl (C=O) groups is 1. The molecule has 2 heterocycles. The summed E-state index contributed by atoms with van der Waals surface area (Å²) in [4.78, 5) is 11.7. The van der Waals surface area contributed by atoms with Gasteiger partial charge in [-0.25, -0.2) is 0 Å². The molecule has 1 aromatic rings. The van der Waals surface area contributed by atoms with E-state index in [2.05, 4.69) is 20.8 Å². The highest BCUT2D eigenvalue weighted by atomic mass is 32.1. The van der Waals surface area contributed by atoms with Crippen LogP contribution in [0, 0.1) is 5.92 Å². The van der Waals surface area contributed by atoms with Crippen molar-refractivity contribution in [1.29, 1.82) is 0 Å². The van der Waals surface area contributed by atoms with E-state index in [1.807, 2.05) is 6.92 Å². The predicted molar refractivity (Wildman–Crippen MR) is 58.9 cm³/mol. The molecule has 0 aromatic carbocycles. The Hall–Kier alpha value is -1.01. The first-order valence-corrected chi connectivity index (χ1v) is 5.95. The van der Waals surface area contributed by atoms with Crippen LogP contribution in [0.1, 0.15) is 18.4 Å². The summed E-state index contributed by atoms with van der Waals surface area (Å²) in [7, 11) is 0. The highest BCUT2D eigenvalue weighted by Crippen LogP contribution is 2.17. The number of aromatic nitrogens is 2. The number of hydrogen-bond donors (Lipinski definition) is 2. The summed E-state index contributed by atoms with van der Waals surface area (Å²) in [5.74, 6) is 0.137. The SMILES string of the molecule is CCc1nnc(NC(=O)C2CCNC2)s1. The van der Waals surface area contributed by atoms with Crippen molar-refractivity contribution in [3.63, 3.8) is 0 Å². The van der Waals surface area contributed by atoms with E-state index in [1.165, 1.54) is 11.3 Å². The maximum absolute atomic E-state index is 11.7. The molecular weight excluding hydrogens is 212 g/mol. The van der Waals surface area contributed by atoms with E-state index >= 15 is 0 Å². The van der Waals surface area contributed by atoms with Gasteiger partial charge in [-0.2, -0.15) is 0 Å². The van der Waals surface area contributed by atoms with Crippen molar-refractivity contribution in [3.05, 3.63) is 5.01 Å². The number of amides is 1. The number of nitrogens with zero attached hydrogens (tertiary/aromatic N) is 2. The Morgan fingerprint density at radius 3 is 3.13 bits per heavy atom. The van der Waals surface area contributed by atoms with Crippen molar-refractivity contribution in [1.82, 2.24) is 15.5 Å². The summed E-state index contributed by atoms with van der Waals surface area (Å²) >= 11 is 1.45. The Bertz CT molecular complexity index is 346. The normalized spacial score (nSPS) is 20.5. The Morgan fingerprint density at radius 1 is 1.67 bits per heavy atom. The van der Waals surface area contributed by atoms with E-state index < -0.39 is 0 Å². The molecule has 0 radical (unpaired) electrons. The molecule has 0 bridgehead atoms. The Labute approximate surface area is 92.3 Å². The smallest absolute Gasteiger partial charge is 0.230 e. The molecule has 1 fully saturated rings. The van der Waals surface area contributed by atoms with Gasteiger partial charge in [-0.15, -0.1) is 10.2 Å². The van der Waals surface area contributed by atoms with Gasteiger partial charge in [0.15, 0.2) is 0 Å². The van der Waals surface area contributed by atoms with E-state index in [0.717, 1.165) is 30.9 Å². The lowest BCUT2D eigenvalue weighted by Crippen LogP contribution is -2.24. The third kappa shape index (κ3) is 2.51. The topological polar surface area (TPSA) is 66.9 Å². The molecule has 15 heavy (non-hydrogen) atoms. The van der Waals surface area contributed by atoms with Crippen LogP contribution in [-0.4, -0.2) is 29.2 Å². The van der Waals surface area contributed by atoms with E-state index in [1.54, 1.807) is 0 Å². The average molecular weight is 226 g/mol. The van der Waals surface area contributed by atoms with E-state index in [9.17, 15) is 4.79 Å². The minimum Gasteiger partial charge on any atom is -0.316 e. The number of hydrogen-bond acceptors (Lipinski definition) is 5. The fraction of sp³-hybridized carbons (Fsp3) is 0.667. The maximum Gasteiger partial charge on any atom is 0.230 e. The van der Waals surface area contributed by atoms with Crippen LogP contribution in [0.5, 0.6) is 0 Å². The molecule has 0 saturated carbocycles. The van der Waals surface area contributed by atoms with E-state index in [0.29, 0.717) is 5.13 Å². The second-order valence-electron chi connectivity index (χ2n) is 3.53. The summed E-state index contributed by atoms with van der Waals surface area (Å²) in [5, 5.41) is 15.4. The van der Waals surface area contributed by atoms with Crippen LogP contribution in [-0.2, 0) is 11.2 Å². The summed E-state index contributed by atoms with van der Waals surface area (Å²) < 4.78 is 0. The van der Waals surface area contributed by atoms with Crippen molar-refractivity contribution in [2.24, 2.45) is 5.92 Å². The molecule has 1 amide bonds. The highest BCUT2D eigenvalue weighted by Gasteiger charge is 2.23. The molecule has 1 aliphatic rings. The van der Waals surface area contributed by atoms with Crippen LogP contribution < -0.4 is 10.6 Å². The molecule has 0 spiro atoms. The number of nitrogens with one attached hydrogen (secondary N) is 2. The van der Waals surface area contributed by atoms with Crippen LogP contribution in [0.2, 0.25) is 0 Å². The van der Waals surface area contributed by atoms with Crippen LogP contribution >= 0.6 is 11.3 Å². The van der Waals surface area contributed by atoms with Gasteiger partial charge in [0, 0.05) is 6.54 Å². The second-order valence-corrected chi connectivity index (χ2v) is 4.60.